The monoisotopic (exact) mass is 440 g/mol. The Bertz CT molecular complexity index is 880. The van der Waals surface area contributed by atoms with E-state index in [2.05, 4.69) is 30.4 Å². The molecule has 2 saturated heterocycles. The average Bonchev–Trinajstić information content (AvgIpc) is 2.82. The number of nitrogens with one attached hydrogen (secondary N) is 2. The predicted molar refractivity (Wildman–Crippen MR) is 125 cm³/mol. The Balaban J connectivity index is 1.42. The number of urea groups is 1. The number of hydrogen-bond donors (Lipinski definition) is 2. The lowest BCUT2D eigenvalue weighted by Gasteiger charge is -2.27. The maximum atomic E-state index is 12.5. The lowest BCUT2D eigenvalue weighted by molar-refractivity contribution is 0.0320. The standard InChI is InChI=1S/C23H32N6O3/c1-18-5-7-19(8-6-18)24-23(30)26-20-17-21(32-16-13-28-11-14-31-15-12-28)27-22(25-20)29-9-3-2-4-10-29/h5-8,17H,2-4,9-16H2,1H3,(H2,24,25,26,27,30). The number of nitrogens with zero attached hydrogens (tertiary/aromatic N) is 4. The first-order valence-electron chi connectivity index (χ1n) is 11.4. The number of ether oxygens (including phenoxy) is 2. The molecule has 2 aromatic rings. The van der Waals surface area contributed by atoms with Gasteiger partial charge >= 0.3 is 6.03 Å². The summed E-state index contributed by atoms with van der Waals surface area (Å²) in [6.07, 6.45) is 3.45. The Labute approximate surface area is 189 Å². The summed E-state index contributed by atoms with van der Waals surface area (Å²) in [5, 5.41) is 5.67. The van der Waals surface area contributed by atoms with E-state index in [0.29, 0.717) is 24.3 Å². The first-order chi connectivity index (χ1) is 15.7. The molecule has 0 atom stereocenters. The van der Waals surface area contributed by atoms with Crippen LogP contribution in [-0.2, 0) is 4.74 Å². The van der Waals surface area contributed by atoms with Crippen molar-refractivity contribution in [3.05, 3.63) is 35.9 Å². The van der Waals surface area contributed by atoms with E-state index in [1.54, 1.807) is 6.07 Å². The van der Waals surface area contributed by atoms with Crippen LogP contribution in [-0.4, -0.2) is 73.4 Å². The van der Waals surface area contributed by atoms with Crippen molar-refractivity contribution < 1.29 is 14.3 Å². The van der Waals surface area contributed by atoms with E-state index >= 15 is 0 Å². The molecule has 2 aliphatic rings. The Hall–Kier alpha value is -2.91. The Morgan fingerprint density at radius 1 is 1.03 bits per heavy atom. The minimum Gasteiger partial charge on any atom is -0.476 e. The Morgan fingerprint density at radius 3 is 2.53 bits per heavy atom. The first-order valence-corrected chi connectivity index (χ1v) is 11.4. The van der Waals surface area contributed by atoms with Crippen molar-refractivity contribution in [2.45, 2.75) is 26.2 Å². The number of amides is 2. The van der Waals surface area contributed by atoms with Crippen molar-refractivity contribution in [1.82, 2.24) is 14.9 Å². The van der Waals surface area contributed by atoms with Crippen LogP contribution < -0.4 is 20.3 Å². The summed E-state index contributed by atoms with van der Waals surface area (Å²) < 4.78 is 11.4. The highest BCUT2D eigenvalue weighted by Crippen LogP contribution is 2.22. The molecule has 2 aliphatic heterocycles. The molecule has 0 aliphatic carbocycles. The minimum atomic E-state index is -0.351. The summed E-state index contributed by atoms with van der Waals surface area (Å²) >= 11 is 0. The summed E-state index contributed by atoms with van der Waals surface area (Å²) in [7, 11) is 0. The van der Waals surface area contributed by atoms with Gasteiger partial charge in [0.2, 0.25) is 11.8 Å². The molecule has 1 aromatic carbocycles. The maximum absolute atomic E-state index is 12.5. The molecular formula is C23H32N6O3. The van der Waals surface area contributed by atoms with Crippen LogP contribution in [0.15, 0.2) is 30.3 Å². The zero-order chi connectivity index (χ0) is 22.2. The second-order valence-corrected chi connectivity index (χ2v) is 8.19. The molecule has 1 aromatic heterocycles. The van der Waals surface area contributed by atoms with Crippen LogP contribution in [0.1, 0.15) is 24.8 Å². The largest absolute Gasteiger partial charge is 0.476 e. The number of benzene rings is 1. The number of hydrogen-bond acceptors (Lipinski definition) is 7. The van der Waals surface area contributed by atoms with Gasteiger partial charge in [-0.3, -0.25) is 10.2 Å². The molecule has 2 N–H and O–H groups in total. The summed E-state index contributed by atoms with van der Waals surface area (Å²) in [4.78, 5) is 26.2. The van der Waals surface area contributed by atoms with E-state index in [0.717, 1.165) is 70.0 Å². The van der Waals surface area contributed by atoms with Crippen LogP contribution >= 0.6 is 0 Å². The van der Waals surface area contributed by atoms with E-state index in [1.165, 1.54) is 6.42 Å². The van der Waals surface area contributed by atoms with Crippen molar-refractivity contribution in [1.29, 1.82) is 0 Å². The first kappa shape index (κ1) is 22.3. The smallest absolute Gasteiger partial charge is 0.324 e. The lowest BCUT2D eigenvalue weighted by Crippen LogP contribution is -2.38. The SMILES string of the molecule is Cc1ccc(NC(=O)Nc2cc(OCCN3CCOCC3)nc(N3CCCCC3)n2)cc1. The predicted octanol–water partition coefficient (Wildman–Crippen LogP) is 3.13. The van der Waals surface area contributed by atoms with Gasteiger partial charge in [-0.1, -0.05) is 17.7 Å². The topological polar surface area (TPSA) is 91.8 Å². The molecule has 0 saturated carbocycles. The van der Waals surface area contributed by atoms with Crippen molar-refractivity contribution >= 4 is 23.5 Å². The normalized spacial score (nSPS) is 17.1. The molecular weight excluding hydrogens is 408 g/mol. The quantitative estimate of drug-likeness (QED) is 0.683. The number of carbonyl (C=O) groups is 1. The molecule has 0 radical (unpaired) electrons. The van der Waals surface area contributed by atoms with Gasteiger partial charge < -0.3 is 19.7 Å². The van der Waals surface area contributed by atoms with Crippen LogP contribution in [0.3, 0.4) is 0 Å². The van der Waals surface area contributed by atoms with Crippen molar-refractivity contribution in [2.24, 2.45) is 0 Å². The Morgan fingerprint density at radius 2 is 1.78 bits per heavy atom. The number of piperidine rings is 1. The number of anilines is 3. The van der Waals surface area contributed by atoms with Gasteiger partial charge in [0.15, 0.2) is 0 Å². The fourth-order valence-corrected chi connectivity index (χ4v) is 3.81. The van der Waals surface area contributed by atoms with Crippen molar-refractivity contribution in [3.63, 3.8) is 0 Å². The lowest BCUT2D eigenvalue weighted by atomic mass is 10.1. The summed E-state index contributed by atoms with van der Waals surface area (Å²) in [6, 6.07) is 8.98. The van der Waals surface area contributed by atoms with Gasteiger partial charge in [-0.25, -0.2) is 4.79 Å². The van der Waals surface area contributed by atoms with Gasteiger partial charge in [-0.2, -0.15) is 9.97 Å². The van der Waals surface area contributed by atoms with E-state index < -0.39 is 0 Å². The summed E-state index contributed by atoms with van der Waals surface area (Å²) in [5.74, 6) is 1.49. The van der Waals surface area contributed by atoms with Gasteiger partial charge in [0.25, 0.3) is 0 Å². The number of rotatable bonds is 7. The van der Waals surface area contributed by atoms with Crippen LogP contribution in [0.5, 0.6) is 5.88 Å². The number of aryl methyl sites for hydroxylation is 1. The second kappa shape index (κ2) is 11.1. The van der Waals surface area contributed by atoms with E-state index in [1.807, 2.05) is 31.2 Å². The van der Waals surface area contributed by atoms with Crippen LogP contribution in [0.2, 0.25) is 0 Å². The number of morpholine rings is 1. The molecule has 2 fully saturated rings. The summed E-state index contributed by atoms with van der Waals surface area (Å²) in [6.45, 7) is 8.50. The molecule has 0 spiro atoms. The minimum absolute atomic E-state index is 0.351. The average molecular weight is 441 g/mol. The van der Waals surface area contributed by atoms with Gasteiger partial charge in [0.1, 0.15) is 12.4 Å². The molecule has 32 heavy (non-hydrogen) atoms. The van der Waals surface area contributed by atoms with Gasteiger partial charge in [0.05, 0.1) is 13.2 Å². The van der Waals surface area contributed by atoms with Gasteiger partial charge in [-0.15, -0.1) is 0 Å². The van der Waals surface area contributed by atoms with Crippen LogP contribution in [0, 0.1) is 6.92 Å². The number of carbonyl (C=O) groups excluding carboxylic acids is 1. The van der Waals surface area contributed by atoms with Gasteiger partial charge in [0, 0.05) is 44.5 Å². The zero-order valence-corrected chi connectivity index (χ0v) is 18.7. The summed E-state index contributed by atoms with van der Waals surface area (Å²) in [5.41, 5.74) is 1.86. The van der Waals surface area contributed by atoms with E-state index in [4.69, 9.17) is 9.47 Å². The molecule has 0 unspecified atom stereocenters. The second-order valence-electron chi connectivity index (χ2n) is 8.19. The third-order valence-electron chi connectivity index (χ3n) is 5.64. The molecule has 9 heteroatoms. The Kier molecular flexibility index (Phi) is 7.73. The molecule has 4 rings (SSSR count). The van der Waals surface area contributed by atoms with E-state index in [9.17, 15) is 4.79 Å². The molecule has 172 valence electrons. The highest BCUT2D eigenvalue weighted by atomic mass is 16.5. The van der Waals surface area contributed by atoms with Crippen LogP contribution in [0.4, 0.5) is 22.2 Å². The van der Waals surface area contributed by atoms with Crippen LogP contribution in [0.25, 0.3) is 0 Å². The molecule has 9 nitrogen and oxygen atoms in total. The third-order valence-corrected chi connectivity index (χ3v) is 5.64. The zero-order valence-electron chi connectivity index (χ0n) is 18.7. The fraction of sp³-hybridized carbons (Fsp3) is 0.522. The van der Waals surface area contributed by atoms with Crippen molar-refractivity contribution in [3.8, 4) is 5.88 Å². The maximum Gasteiger partial charge on any atom is 0.324 e. The molecule has 0 bridgehead atoms. The molecule has 2 amide bonds. The van der Waals surface area contributed by atoms with Gasteiger partial charge in [-0.05, 0) is 38.3 Å². The third kappa shape index (κ3) is 6.54. The number of aromatic nitrogens is 2. The highest BCUT2D eigenvalue weighted by molar-refractivity contribution is 5.99. The highest BCUT2D eigenvalue weighted by Gasteiger charge is 2.17. The van der Waals surface area contributed by atoms with E-state index in [-0.39, 0.29) is 6.03 Å². The van der Waals surface area contributed by atoms with Crippen molar-refractivity contribution in [2.75, 3.05) is 68.1 Å². The fourth-order valence-electron chi connectivity index (χ4n) is 3.81. The molecule has 3 heterocycles.